The summed E-state index contributed by atoms with van der Waals surface area (Å²) in [5, 5.41) is 0. The first-order valence-electron chi connectivity index (χ1n) is 4.58. The lowest BCUT2D eigenvalue weighted by Crippen LogP contribution is -2.74. The zero-order valence-corrected chi connectivity index (χ0v) is 8.92. The molecule has 0 radical (unpaired) electrons. The second-order valence-corrected chi connectivity index (χ2v) is 3.46. The molecule has 1 fully saturated rings. The van der Waals surface area contributed by atoms with Crippen molar-refractivity contribution < 1.29 is 36.6 Å². The van der Waals surface area contributed by atoms with Crippen LogP contribution in [0.3, 0.4) is 0 Å². The predicted molar refractivity (Wildman–Crippen MR) is 49.8 cm³/mol. The number of esters is 2. The summed E-state index contributed by atoms with van der Waals surface area (Å²) in [6.45, 7) is 5.73. The van der Waals surface area contributed by atoms with Crippen LogP contribution in [0.25, 0.3) is 0 Å². The molecule has 1 aliphatic rings. The second-order valence-electron chi connectivity index (χ2n) is 3.46. The third-order valence-electron chi connectivity index (χ3n) is 2.24. The molecule has 1 saturated carbocycles. The van der Waals surface area contributed by atoms with Crippen molar-refractivity contribution in [1.29, 1.82) is 0 Å². The van der Waals surface area contributed by atoms with Crippen LogP contribution in [0.15, 0.2) is 25.3 Å². The molecule has 0 amide bonds. The van der Waals surface area contributed by atoms with Gasteiger partial charge in [-0.05, 0) is 0 Å². The van der Waals surface area contributed by atoms with Crippen LogP contribution in [0, 0.1) is 0 Å². The Labute approximate surface area is 98.9 Å². The molecule has 0 aromatic heterocycles. The van der Waals surface area contributed by atoms with Crippen molar-refractivity contribution in [1.82, 2.24) is 0 Å². The quantitative estimate of drug-likeness (QED) is 0.443. The van der Waals surface area contributed by atoms with Gasteiger partial charge in [0.05, 0.1) is 6.42 Å². The lowest BCUT2D eigenvalue weighted by atomic mass is 9.81. The number of hydrogen-bond donors (Lipinski definition) is 0. The van der Waals surface area contributed by atoms with Crippen molar-refractivity contribution in [3.63, 3.8) is 0 Å². The van der Waals surface area contributed by atoms with E-state index in [2.05, 4.69) is 22.6 Å². The molecule has 0 aliphatic heterocycles. The Morgan fingerprint density at radius 1 is 1.00 bits per heavy atom. The molecule has 0 N–H and O–H groups in total. The maximum atomic E-state index is 13.7. The van der Waals surface area contributed by atoms with Gasteiger partial charge in [-0.1, -0.05) is 13.2 Å². The van der Waals surface area contributed by atoms with Crippen molar-refractivity contribution in [3.05, 3.63) is 25.3 Å². The molecule has 4 nitrogen and oxygen atoms in total. The zero-order valence-electron chi connectivity index (χ0n) is 8.92. The minimum atomic E-state index is -4.38. The van der Waals surface area contributed by atoms with Crippen LogP contribution < -0.4 is 0 Å². The van der Waals surface area contributed by atoms with E-state index in [-0.39, 0.29) is 0 Å². The van der Waals surface area contributed by atoms with Crippen molar-refractivity contribution in [3.8, 4) is 0 Å². The van der Waals surface area contributed by atoms with E-state index in [4.69, 9.17) is 0 Å². The standard InChI is InChI=1S/C10H8F4O4/c1-3-6(15)17-9(13)5-8(11,12)10(9,14)18-7(16)4-2/h3-4H,1-2,5H2. The van der Waals surface area contributed by atoms with E-state index >= 15 is 0 Å². The van der Waals surface area contributed by atoms with E-state index in [1.165, 1.54) is 0 Å². The zero-order chi connectivity index (χ0) is 14.2. The van der Waals surface area contributed by atoms with E-state index in [1.54, 1.807) is 0 Å². The van der Waals surface area contributed by atoms with Gasteiger partial charge in [-0.25, -0.2) is 9.59 Å². The number of alkyl halides is 4. The van der Waals surface area contributed by atoms with Gasteiger partial charge in [0, 0.05) is 12.2 Å². The summed E-state index contributed by atoms with van der Waals surface area (Å²) in [7, 11) is 0. The molecule has 0 heterocycles. The summed E-state index contributed by atoms with van der Waals surface area (Å²) in [5.41, 5.74) is 0. The molecular formula is C10H8F4O4. The summed E-state index contributed by atoms with van der Waals surface area (Å²) in [6, 6.07) is 0. The largest absolute Gasteiger partial charge is 0.417 e. The maximum Gasteiger partial charge on any atom is 0.384 e. The topological polar surface area (TPSA) is 52.6 Å². The van der Waals surface area contributed by atoms with Crippen LogP contribution in [0.5, 0.6) is 0 Å². The van der Waals surface area contributed by atoms with E-state index in [0.29, 0.717) is 12.2 Å². The number of rotatable bonds is 4. The third kappa shape index (κ3) is 1.87. The van der Waals surface area contributed by atoms with Gasteiger partial charge in [0.25, 0.3) is 0 Å². The van der Waals surface area contributed by atoms with Gasteiger partial charge >= 0.3 is 29.6 Å². The van der Waals surface area contributed by atoms with Crippen LogP contribution in [-0.2, 0) is 19.1 Å². The molecule has 2 unspecified atom stereocenters. The molecule has 100 valence electrons. The van der Waals surface area contributed by atoms with Crippen molar-refractivity contribution in [2.45, 2.75) is 24.1 Å². The lowest BCUT2D eigenvalue weighted by Gasteiger charge is -2.49. The SMILES string of the molecule is C=CC(=O)OC1(F)CC(F)(F)C1(F)OC(=O)C=C. The Bertz CT molecular complexity index is 422. The summed E-state index contributed by atoms with van der Waals surface area (Å²) >= 11 is 0. The van der Waals surface area contributed by atoms with E-state index in [0.717, 1.165) is 0 Å². The molecule has 0 bridgehead atoms. The fraction of sp³-hybridized carbons (Fsp3) is 0.400. The number of carbonyl (C=O) groups excluding carboxylic acids is 2. The monoisotopic (exact) mass is 268 g/mol. The molecule has 0 aromatic rings. The smallest absolute Gasteiger partial charge is 0.384 e. The highest BCUT2D eigenvalue weighted by molar-refractivity contribution is 5.83. The molecule has 0 spiro atoms. The maximum absolute atomic E-state index is 13.7. The highest BCUT2D eigenvalue weighted by Gasteiger charge is 2.86. The molecule has 0 aromatic carbocycles. The van der Waals surface area contributed by atoms with Crippen LogP contribution in [0.1, 0.15) is 6.42 Å². The van der Waals surface area contributed by atoms with E-state index in [9.17, 15) is 27.2 Å². The Hall–Kier alpha value is -1.86. The normalized spacial score (nSPS) is 32.9. The fourth-order valence-corrected chi connectivity index (χ4v) is 1.31. The molecule has 1 aliphatic carbocycles. The Morgan fingerprint density at radius 3 is 1.83 bits per heavy atom. The Balaban J connectivity index is 3.01. The van der Waals surface area contributed by atoms with Crippen molar-refractivity contribution >= 4 is 11.9 Å². The Kier molecular flexibility index (Phi) is 3.24. The Morgan fingerprint density at radius 2 is 1.44 bits per heavy atom. The molecule has 8 heteroatoms. The van der Waals surface area contributed by atoms with Gasteiger partial charge in [-0.15, -0.1) is 0 Å². The number of ether oxygens (including phenoxy) is 2. The van der Waals surface area contributed by atoms with Gasteiger partial charge in [-0.3, -0.25) is 0 Å². The van der Waals surface area contributed by atoms with Crippen LogP contribution >= 0.6 is 0 Å². The number of hydrogen-bond acceptors (Lipinski definition) is 4. The van der Waals surface area contributed by atoms with Crippen molar-refractivity contribution in [2.75, 3.05) is 0 Å². The highest BCUT2D eigenvalue weighted by atomic mass is 19.3. The van der Waals surface area contributed by atoms with Gasteiger partial charge in [0.15, 0.2) is 0 Å². The first-order chi connectivity index (χ1) is 8.12. The highest BCUT2D eigenvalue weighted by Crippen LogP contribution is 2.60. The van der Waals surface area contributed by atoms with Crippen molar-refractivity contribution in [2.24, 2.45) is 0 Å². The molecule has 2 atom stereocenters. The van der Waals surface area contributed by atoms with Gasteiger partial charge in [0.2, 0.25) is 0 Å². The average Bonchev–Trinajstić information content (AvgIpc) is 2.27. The first kappa shape index (κ1) is 14.2. The van der Waals surface area contributed by atoms with Crippen LogP contribution in [-0.4, -0.2) is 29.6 Å². The average molecular weight is 268 g/mol. The minimum Gasteiger partial charge on any atom is -0.417 e. The van der Waals surface area contributed by atoms with E-state index in [1.807, 2.05) is 0 Å². The first-order valence-corrected chi connectivity index (χ1v) is 4.58. The second kappa shape index (κ2) is 4.11. The fourth-order valence-electron chi connectivity index (χ4n) is 1.31. The number of halogens is 4. The summed E-state index contributed by atoms with van der Waals surface area (Å²) in [4.78, 5) is 21.4. The summed E-state index contributed by atoms with van der Waals surface area (Å²) in [6.07, 6.45) is -0.945. The summed E-state index contributed by atoms with van der Waals surface area (Å²) in [5.74, 6) is -15.6. The van der Waals surface area contributed by atoms with E-state index < -0.39 is 36.0 Å². The van der Waals surface area contributed by atoms with Gasteiger partial charge in [0.1, 0.15) is 0 Å². The summed E-state index contributed by atoms with van der Waals surface area (Å²) < 4.78 is 60.9. The van der Waals surface area contributed by atoms with Gasteiger partial charge in [-0.2, -0.15) is 17.6 Å². The lowest BCUT2D eigenvalue weighted by molar-refractivity contribution is -0.444. The molecule has 18 heavy (non-hydrogen) atoms. The molecular weight excluding hydrogens is 260 g/mol. The third-order valence-corrected chi connectivity index (χ3v) is 2.24. The minimum absolute atomic E-state index is 0.367. The predicted octanol–water partition coefficient (Wildman–Crippen LogP) is 1.82. The number of carbonyl (C=O) groups is 2. The van der Waals surface area contributed by atoms with Crippen LogP contribution in [0.2, 0.25) is 0 Å². The van der Waals surface area contributed by atoms with Gasteiger partial charge < -0.3 is 9.47 Å². The molecule has 0 saturated heterocycles. The molecule has 1 rings (SSSR count). The van der Waals surface area contributed by atoms with Crippen LogP contribution in [0.4, 0.5) is 17.6 Å².